The lowest BCUT2D eigenvalue weighted by Gasteiger charge is -2.25. The molecule has 1 fully saturated rings. The van der Waals surface area contributed by atoms with Gasteiger partial charge in [0.2, 0.25) is 5.91 Å². The predicted molar refractivity (Wildman–Crippen MR) is 62.5 cm³/mol. The average molecular weight is 213 g/mol. The van der Waals surface area contributed by atoms with Gasteiger partial charge in [0.05, 0.1) is 5.25 Å². The second kappa shape index (κ2) is 4.87. The van der Waals surface area contributed by atoms with Crippen LogP contribution >= 0.6 is 12.6 Å². The number of nitrogens with zero attached hydrogens (tertiary/aromatic N) is 1. The molecule has 0 aromatic carbocycles. The van der Waals surface area contributed by atoms with Crippen molar-refractivity contribution in [1.82, 2.24) is 4.90 Å². The quantitative estimate of drug-likeness (QED) is 0.548. The molecule has 14 heavy (non-hydrogen) atoms. The fraction of sp³-hybridized carbons (Fsp3) is 0.727. The molecular weight excluding hydrogens is 194 g/mol. The lowest BCUT2D eigenvalue weighted by molar-refractivity contribution is -0.131. The zero-order valence-corrected chi connectivity index (χ0v) is 9.83. The summed E-state index contributed by atoms with van der Waals surface area (Å²) >= 11 is 4.35. The first kappa shape index (κ1) is 11.6. The molecule has 1 amide bonds. The molecule has 0 aromatic rings. The first-order valence-electron chi connectivity index (χ1n) is 5.17. The van der Waals surface area contributed by atoms with Gasteiger partial charge < -0.3 is 4.90 Å². The van der Waals surface area contributed by atoms with Crippen LogP contribution in [-0.2, 0) is 4.79 Å². The number of rotatable bonds is 5. The van der Waals surface area contributed by atoms with Gasteiger partial charge in [0.25, 0.3) is 0 Å². The van der Waals surface area contributed by atoms with E-state index in [9.17, 15) is 4.79 Å². The first-order valence-corrected chi connectivity index (χ1v) is 5.69. The third kappa shape index (κ3) is 2.77. The van der Waals surface area contributed by atoms with Crippen molar-refractivity contribution < 1.29 is 4.79 Å². The Morgan fingerprint density at radius 3 is 2.57 bits per heavy atom. The first-order chi connectivity index (χ1) is 6.57. The van der Waals surface area contributed by atoms with Crippen molar-refractivity contribution >= 4 is 18.5 Å². The van der Waals surface area contributed by atoms with Crippen LogP contribution in [0.3, 0.4) is 0 Å². The minimum absolute atomic E-state index is 0.158. The zero-order valence-electron chi connectivity index (χ0n) is 8.94. The fourth-order valence-electron chi connectivity index (χ4n) is 1.40. The van der Waals surface area contributed by atoms with Crippen molar-refractivity contribution in [2.45, 2.75) is 38.0 Å². The number of hydrogen-bond acceptors (Lipinski definition) is 2. The van der Waals surface area contributed by atoms with Gasteiger partial charge in [-0.15, -0.1) is 6.58 Å². The summed E-state index contributed by atoms with van der Waals surface area (Å²) in [7, 11) is 0. The molecule has 0 bridgehead atoms. The highest BCUT2D eigenvalue weighted by molar-refractivity contribution is 7.81. The Hall–Kier alpha value is -0.440. The SMILES string of the molecule is C=CCN(C(=O)C(S)C(C)C)C1CC1. The van der Waals surface area contributed by atoms with Gasteiger partial charge in [0.1, 0.15) is 0 Å². The lowest BCUT2D eigenvalue weighted by Crippen LogP contribution is -2.40. The average Bonchev–Trinajstić information content (AvgIpc) is 2.95. The van der Waals surface area contributed by atoms with Crippen LogP contribution < -0.4 is 0 Å². The molecule has 0 heterocycles. The Bertz CT molecular complexity index is 223. The van der Waals surface area contributed by atoms with Crippen LogP contribution in [0.4, 0.5) is 0 Å². The largest absolute Gasteiger partial charge is 0.335 e. The van der Waals surface area contributed by atoms with Gasteiger partial charge >= 0.3 is 0 Å². The van der Waals surface area contributed by atoms with Crippen LogP contribution in [0, 0.1) is 5.92 Å². The maximum atomic E-state index is 12.0. The monoisotopic (exact) mass is 213 g/mol. The van der Waals surface area contributed by atoms with Crippen molar-refractivity contribution in [2.75, 3.05) is 6.54 Å². The topological polar surface area (TPSA) is 20.3 Å². The standard InChI is InChI=1S/C11H19NOS/c1-4-7-12(9-5-6-9)11(13)10(14)8(2)3/h4,8-10,14H,1,5-7H2,2-3H3. The second-order valence-electron chi connectivity index (χ2n) is 4.20. The normalized spacial score (nSPS) is 18.0. The third-order valence-electron chi connectivity index (χ3n) is 2.48. The molecule has 2 nitrogen and oxygen atoms in total. The van der Waals surface area contributed by atoms with Crippen molar-refractivity contribution in [3.05, 3.63) is 12.7 Å². The molecule has 1 rings (SSSR count). The van der Waals surface area contributed by atoms with E-state index in [0.717, 1.165) is 12.8 Å². The molecule has 0 saturated heterocycles. The molecule has 1 unspecified atom stereocenters. The van der Waals surface area contributed by atoms with E-state index in [1.165, 1.54) is 0 Å². The van der Waals surface area contributed by atoms with E-state index >= 15 is 0 Å². The maximum absolute atomic E-state index is 12.0. The van der Waals surface area contributed by atoms with Crippen LogP contribution in [0.2, 0.25) is 0 Å². The summed E-state index contributed by atoms with van der Waals surface area (Å²) in [6.07, 6.45) is 4.06. The van der Waals surface area contributed by atoms with E-state index in [0.29, 0.717) is 12.6 Å². The minimum atomic E-state index is -0.171. The van der Waals surface area contributed by atoms with E-state index in [4.69, 9.17) is 0 Å². The molecule has 1 saturated carbocycles. The molecule has 1 aliphatic rings. The second-order valence-corrected chi connectivity index (χ2v) is 4.76. The molecule has 0 aromatic heterocycles. The molecule has 1 aliphatic carbocycles. The van der Waals surface area contributed by atoms with Crippen LogP contribution in [0.15, 0.2) is 12.7 Å². The Kier molecular flexibility index (Phi) is 4.05. The van der Waals surface area contributed by atoms with E-state index in [-0.39, 0.29) is 17.1 Å². The number of carbonyl (C=O) groups excluding carboxylic acids is 1. The summed E-state index contributed by atoms with van der Waals surface area (Å²) in [5.74, 6) is 0.447. The highest BCUT2D eigenvalue weighted by atomic mass is 32.1. The van der Waals surface area contributed by atoms with Gasteiger partial charge in [-0.25, -0.2) is 0 Å². The minimum Gasteiger partial charge on any atom is -0.335 e. The Labute approximate surface area is 91.8 Å². The summed E-state index contributed by atoms with van der Waals surface area (Å²) < 4.78 is 0. The van der Waals surface area contributed by atoms with Crippen molar-refractivity contribution in [3.63, 3.8) is 0 Å². The summed E-state index contributed by atoms with van der Waals surface area (Å²) in [5.41, 5.74) is 0. The molecule has 0 radical (unpaired) electrons. The van der Waals surface area contributed by atoms with Gasteiger partial charge in [-0.1, -0.05) is 19.9 Å². The van der Waals surface area contributed by atoms with E-state index in [2.05, 4.69) is 19.2 Å². The van der Waals surface area contributed by atoms with Crippen molar-refractivity contribution in [2.24, 2.45) is 5.92 Å². The molecule has 80 valence electrons. The van der Waals surface area contributed by atoms with Gasteiger partial charge in [0, 0.05) is 12.6 Å². The van der Waals surface area contributed by atoms with Crippen molar-refractivity contribution in [3.8, 4) is 0 Å². The van der Waals surface area contributed by atoms with E-state index in [1.807, 2.05) is 18.7 Å². The molecular formula is C11H19NOS. The Balaban J connectivity index is 2.57. The van der Waals surface area contributed by atoms with E-state index in [1.54, 1.807) is 6.08 Å². The Morgan fingerprint density at radius 1 is 1.64 bits per heavy atom. The molecule has 0 spiro atoms. The van der Waals surface area contributed by atoms with Crippen LogP contribution in [0.1, 0.15) is 26.7 Å². The van der Waals surface area contributed by atoms with Crippen LogP contribution in [0.25, 0.3) is 0 Å². The maximum Gasteiger partial charge on any atom is 0.236 e. The fourth-order valence-corrected chi connectivity index (χ4v) is 1.55. The zero-order chi connectivity index (χ0) is 10.7. The number of thiol groups is 1. The molecule has 0 aliphatic heterocycles. The van der Waals surface area contributed by atoms with Gasteiger partial charge in [0.15, 0.2) is 0 Å². The van der Waals surface area contributed by atoms with Gasteiger partial charge in [-0.05, 0) is 18.8 Å². The van der Waals surface area contributed by atoms with Crippen LogP contribution in [0.5, 0.6) is 0 Å². The smallest absolute Gasteiger partial charge is 0.236 e. The summed E-state index contributed by atoms with van der Waals surface area (Å²) in [6.45, 7) is 8.38. The summed E-state index contributed by atoms with van der Waals surface area (Å²) in [5, 5.41) is -0.171. The highest BCUT2D eigenvalue weighted by Crippen LogP contribution is 2.28. The molecule has 1 atom stereocenters. The highest BCUT2D eigenvalue weighted by Gasteiger charge is 2.34. The number of carbonyl (C=O) groups is 1. The Morgan fingerprint density at radius 2 is 2.21 bits per heavy atom. The van der Waals surface area contributed by atoms with Crippen LogP contribution in [-0.4, -0.2) is 28.6 Å². The van der Waals surface area contributed by atoms with E-state index < -0.39 is 0 Å². The molecule has 3 heteroatoms. The number of hydrogen-bond donors (Lipinski definition) is 1. The number of amides is 1. The van der Waals surface area contributed by atoms with Crippen molar-refractivity contribution in [1.29, 1.82) is 0 Å². The third-order valence-corrected chi connectivity index (χ3v) is 3.30. The lowest BCUT2D eigenvalue weighted by atomic mass is 10.1. The predicted octanol–water partition coefficient (Wildman–Crippen LogP) is 2.12. The summed E-state index contributed by atoms with van der Waals surface area (Å²) in [4.78, 5) is 13.9. The van der Waals surface area contributed by atoms with Gasteiger partial charge in [-0.3, -0.25) is 4.79 Å². The molecule has 0 N–H and O–H groups in total. The van der Waals surface area contributed by atoms with Gasteiger partial charge in [-0.2, -0.15) is 12.6 Å². The summed E-state index contributed by atoms with van der Waals surface area (Å²) in [6, 6.07) is 0.453.